The molecular formula is C21H24Cl2N2O3. The van der Waals surface area contributed by atoms with Crippen LogP contribution >= 0.6 is 23.2 Å². The highest BCUT2D eigenvalue weighted by molar-refractivity contribution is 6.39. The van der Waals surface area contributed by atoms with Gasteiger partial charge < -0.3 is 15.0 Å². The van der Waals surface area contributed by atoms with Gasteiger partial charge in [0.25, 0.3) is 5.91 Å². The number of nitrogens with one attached hydrogen (secondary N) is 1. The number of halogens is 2. The highest BCUT2D eigenvalue weighted by Crippen LogP contribution is 2.29. The van der Waals surface area contributed by atoms with E-state index in [0.29, 0.717) is 27.9 Å². The standard InChI is InChI=1S/C21H24Cl2N2O3/c1-3-4-5-13-28-16-11-9-15(10-12-16)21(27)25(2)14-19(26)24-20-17(22)7-6-8-18(20)23/h6-12H,3-5,13-14H2,1-2H3,(H,24,26). The summed E-state index contributed by atoms with van der Waals surface area (Å²) in [7, 11) is 1.56. The average molecular weight is 423 g/mol. The van der Waals surface area contributed by atoms with E-state index in [2.05, 4.69) is 12.2 Å². The molecule has 0 spiro atoms. The lowest BCUT2D eigenvalue weighted by molar-refractivity contribution is -0.116. The lowest BCUT2D eigenvalue weighted by Gasteiger charge is -2.18. The molecule has 5 nitrogen and oxygen atoms in total. The van der Waals surface area contributed by atoms with Crippen LogP contribution in [0.2, 0.25) is 10.0 Å². The molecule has 0 saturated heterocycles. The van der Waals surface area contributed by atoms with E-state index in [1.54, 1.807) is 49.5 Å². The number of para-hydroxylation sites is 1. The maximum Gasteiger partial charge on any atom is 0.254 e. The quantitative estimate of drug-likeness (QED) is 0.559. The molecule has 0 fully saturated rings. The molecule has 0 atom stereocenters. The molecule has 0 radical (unpaired) electrons. The Morgan fingerprint density at radius 2 is 1.68 bits per heavy atom. The molecule has 0 heterocycles. The molecule has 2 aromatic rings. The minimum absolute atomic E-state index is 0.129. The normalized spacial score (nSPS) is 10.4. The van der Waals surface area contributed by atoms with Crippen molar-refractivity contribution >= 4 is 40.7 Å². The highest BCUT2D eigenvalue weighted by Gasteiger charge is 2.17. The van der Waals surface area contributed by atoms with Gasteiger partial charge >= 0.3 is 0 Å². The minimum Gasteiger partial charge on any atom is -0.494 e. The van der Waals surface area contributed by atoms with Gasteiger partial charge in [0, 0.05) is 12.6 Å². The number of benzene rings is 2. The summed E-state index contributed by atoms with van der Waals surface area (Å²) >= 11 is 12.1. The number of anilines is 1. The summed E-state index contributed by atoms with van der Waals surface area (Å²) < 4.78 is 5.64. The molecule has 2 rings (SSSR count). The van der Waals surface area contributed by atoms with E-state index in [-0.39, 0.29) is 18.4 Å². The third kappa shape index (κ3) is 6.43. The van der Waals surface area contributed by atoms with Crippen LogP contribution in [0.5, 0.6) is 5.75 Å². The Kier molecular flexibility index (Phi) is 8.61. The summed E-state index contributed by atoms with van der Waals surface area (Å²) in [5, 5.41) is 3.32. The van der Waals surface area contributed by atoms with E-state index in [0.717, 1.165) is 25.0 Å². The van der Waals surface area contributed by atoms with Gasteiger partial charge in [0.15, 0.2) is 0 Å². The maximum atomic E-state index is 12.5. The number of nitrogens with zero attached hydrogens (tertiary/aromatic N) is 1. The van der Waals surface area contributed by atoms with Crippen molar-refractivity contribution in [3.8, 4) is 5.75 Å². The fourth-order valence-electron chi connectivity index (χ4n) is 2.54. The van der Waals surface area contributed by atoms with E-state index in [4.69, 9.17) is 27.9 Å². The van der Waals surface area contributed by atoms with Crippen LogP contribution < -0.4 is 10.1 Å². The number of amides is 2. The molecule has 0 unspecified atom stereocenters. The molecule has 150 valence electrons. The van der Waals surface area contributed by atoms with Crippen molar-refractivity contribution in [1.82, 2.24) is 4.90 Å². The van der Waals surface area contributed by atoms with Crippen LogP contribution in [0, 0.1) is 0 Å². The van der Waals surface area contributed by atoms with Crippen molar-refractivity contribution in [1.29, 1.82) is 0 Å². The Morgan fingerprint density at radius 1 is 1.04 bits per heavy atom. The Labute approximate surface area is 175 Å². The first-order valence-corrected chi connectivity index (χ1v) is 9.90. The van der Waals surface area contributed by atoms with Gasteiger partial charge in [-0.05, 0) is 42.8 Å². The van der Waals surface area contributed by atoms with Crippen LogP contribution in [-0.4, -0.2) is 36.9 Å². The summed E-state index contributed by atoms with van der Waals surface area (Å²) in [5.74, 6) is 0.0704. The van der Waals surface area contributed by atoms with Gasteiger partial charge in [0.1, 0.15) is 5.75 Å². The first-order chi connectivity index (χ1) is 13.4. The van der Waals surface area contributed by atoms with E-state index in [9.17, 15) is 9.59 Å². The number of unbranched alkanes of at least 4 members (excludes halogenated alkanes) is 2. The molecule has 0 aromatic heterocycles. The predicted octanol–water partition coefficient (Wildman–Crippen LogP) is 5.27. The van der Waals surface area contributed by atoms with Gasteiger partial charge in [-0.1, -0.05) is 49.0 Å². The van der Waals surface area contributed by atoms with Crippen LogP contribution in [0.15, 0.2) is 42.5 Å². The van der Waals surface area contributed by atoms with Gasteiger partial charge in [0.2, 0.25) is 5.91 Å². The van der Waals surface area contributed by atoms with Crippen LogP contribution in [0.3, 0.4) is 0 Å². The zero-order valence-electron chi connectivity index (χ0n) is 16.0. The summed E-state index contributed by atoms with van der Waals surface area (Å²) in [6, 6.07) is 11.8. The van der Waals surface area contributed by atoms with Gasteiger partial charge in [-0.25, -0.2) is 0 Å². The first-order valence-electron chi connectivity index (χ1n) is 9.14. The summed E-state index contributed by atoms with van der Waals surface area (Å²) in [4.78, 5) is 26.1. The monoisotopic (exact) mass is 422 g/mol. The molecule has 0 aliphatic rings. The Hall–Kier alpha value is -2.24. The fourth-order valence-corrected chi connectivity index (χ4v) is 3.03. The Balaban J connectivity index is 1.90. The number of carbonyl (C=O) groups is 2. The lowest BCUT2D eigenvalue weighted by atomic mass is 10.2. The van der Waals surface area contributed by atoms with Gasteiger partial charge in [0.05, 0.1) is 28.9 Å². The summed E-state index contributed by atoms with van der Waals surface area (Å²) in [6.07, 6.45) is 3.27. The molecular weight excluding hydrogens is 399 g/mol. The molecule has 2 amide bonds. The van der Waals surface area contributed by atoms with Gasteiger partial charge in [-0.15, -0.1) is 0 Å². The Bertz CT molecular complexity index is 790. The van der Waals surface area contributed by atoms with Crippen molar-refractivity contribution in [2.75, 3.05) is 25.5 Å². The summed E-state index contributed by atoms with van der Waals surface area (Å²) in [6.45, 7) is 2.67. The molecule has 0 aliphatic carbocycles. The largest absolute Gasteiger partial charge is 0.494 e. The topological polar surface area (TPSA) is 58.6 Å². The third-order valence-electron chi connectivity index (χ3n) is 4.07. The smallest absolute Gasteiger partial charge is 0.254 e. The second-order valence-electron chi connectivity index (χ2n) is 6.39. The molecule has 28 heavy (non-hydrogen) atoms. The molecule has 1 N–H and O–H groups in total. The van der Waals surface area contributed by atoms with Crippen molar-refractivity contribution in [2.24, 2.45) is 0 Å². The zero-order valence-corrected chi connectivity index (χ0v) is 17.5. The average Bonchev–Trinajstić information content (AvgIpc) is 2.68. The van der Waals surface area contributed by atoms with Crippen molar-refractivity contribution in [2.45, 2.75) is 26.2 Å². The first kappa shape index (κ1) is 22.1. The summed E-state index contributed by atoms with van der Waals surface area (Å²) in [5.41, 5.74) is 0.813. The fraction of sp³-hybridized carbons (Fsp3) is 0.333. The highest BCUT2D eigenvalue weighted by atomic mass is 35.5. The molecule has 2 aromatic carbocycles. The van der Waals surface area contributed by atoms with Crippen molar-refractivity contribution < 1.29 is 14.3 Å². The zero-order chi connectivity index (χ0) is 20.5. The number of carbonyl (C=O) groups excluding carboxylic acids is 2. The van der Waals surface area contributed by atoms with Gasteiger partial charge in [-0.3, -0.25) is 9.59 Å². The van der Waals surface area contributed by atoms with Crippen molar-refractivity contribution in [3.63, 3.8) is 0 Å². The van der Waals surface area contributed by atoms with Crippen LogP contribution in [0.4, 0.5) is 5.69 Å². The third-order valence-corrected chi connectivity index (χ3v) is 4.70. The number of ether oxygens (including phenoxy) is 1. The van der Waals surface area contributed by atoms with Gasteiger partial charge in [-0.2, -0.15) is 0 Å². The van der Waals surface area contributed by atoms with E-state index < -0.39 is 0 Å². The number of hydrogen-bond donors (Lipinski definition) is 1. The molecule has 0 saturated carbocycles. The molecule has 7 heteroatoms. The second-order valence-corrected chi connectivity index (χ2v) is 7.20. The minimum atomic E-state index is -0.387. The lowest BCUT2D eigenvalue weighted by Crippen LogP contribution is -2.35. The van der Waals surface area contributed by atoms with Crippen LogP contribution in [0.25, 0.3) is 0 Å². The number of hydrogen-bond acceptors (Lipinski definition) is 3. The second kappa shape index (κ2) is 10.9. The van der Waals surface area contributed by atoms with Crippen LogP contribution in [0.1, 0.15) is 36.5 Å². The van der Waals surface area contributed by atoms with Crippen molar-refractivity contribution in [3.05, 3.63) is 58.1 Å². The van der Waals surface area contributed by atoms with E-state index >= 15 is 0 Å². The van der Waals surface area contributed by atoms with Crippen LogP contribution in [-0.2, 0) is 4.79 Å². The van der Waals surface area contributed by atoms with E-state index in [1.165, 1.54) is 4.90 Å². The number of rotatable bonds is 9. The molecule has 0 bridgehead atoms. The molecule has 0 aliphatic heterocycles. The SMILES string of the molecule is CCCCCOc1ccc(C(=O)N(C)CC(=O)Nc2c(Cl)cccc2Cl)cc1. The number of likely N-dealkylation sites (N-methyl/N-ethyl adjacent to an activating group) is 1. The Morgan fingerprint density at radius 3 is 2.29 bits per heavy atom. The predicted molar refractivity (Wildman–Crippen MR) is 114 cm³/mol. The maximum absolute atomic E-state index is 12.5. The van der Waals surface area contributed by atoms with E-state index in [1.807, 2.05) is 0 Å².